The molecule has 1 unspecified atom stereocenters. The first kappa shape index (κ1) is 22.8. The molecule has 4 aromatic rings. The summed E-state index contributed by atoms with van der Waals surface area (Å²) in [6.07, 6.45) is 2.59. The molecule has 1 saturated heterocycles. The molecule has 5 heteroatoms. The molecule has 2 heterocycles. The predicted octanol–water partition coefficient (Wildman–Crippen LogP) is 5.07. The van der Waals surface area contributed by atoms with Crippen LogP contribution in [-0.4, -0.2) is 52.8 Å². The van der Waals surface area contributed by atoms with Gasteiger partial charge in [-0.1, -0.05) is 60.7 Å². The summed E-state index contributed by atoms with van der Waals surface area (Å²) in [5, 5.41) is 1.10. The first-order valence-corrected chi connectivity index (χ1v) is 12.1. The number of amides is 2. The van der Waals surface area contributed by atoms with Crippen molar-refractivity contribution in [3.8, 4) is 11.1 Å². The number of fused-ring (bicyclic) bond motifs is 1. The van der Waals surface area contributed by atoms with Crippen LogP contribution in [0.15, 0.2) is 91.1 Å². The minimum absolute atomic E-state index is 0.0163. The van der Waals surface area contributed by atoms with Crippen LogP contribution in [0.5, 0.6) is 0 Å². The van der Waals surface area contributed by atoms with Gasteiger partial charge in [0.15, 0.2) is 0 Å². The van der Waals surface area contributed by atoms with E-state index in [0.29, 0.717) is 31.7 Å². The van der Waals surface area contributed by atoms with E-state index in [4.69, 9.17) is 0 Å². The Bertz CT molecular complexity index is 1350. The monoisotopic (exact) mass is 463 g/mol. The standard InChI is InChI=1S/C30H29N3O2/c1-22(34)32-16-17-33(30(35)28-12-6-5-11-27(28)25-8-3-2-4-9-25)21-24(20-32)18-23-13-14-29-26(19-23)10-7-15-31-29/h2-15,19,24H,16-18,20-21H2,1H3. The quantitative estimate of drug-likeness (QED) is 0.425. The van der Waals surface area contributed by atoms with Gasteiger partial charge < -0.3 is 9.80 Å². The number of carbonyl (C=O) groups is 2. The lowest BCUT2D eigenvalue weighted by molar-refractivity contribution is -0.129. The van der Waals surface area contributed by atoms with E-state index in [0.717, 1.165) is 28.5 Å². The van der Waals surface area contributed by atoms with Crippen molar-refractivity contribution >= 4 is 22.7 Å². The molecule has 1 fully saturated rings. The van der Waals surface area contributed by atoms with E-state index < -0.39 is 0 Å². The fourth-order valence-electron chi connectivity index (χ4n) is 5.00. The van der Waals surface area contributed by atoms with Gasteiger partial charge in [-0.3, -0.25) is 14.6 Å². The SMILES string of the molecule is CC(=O)N1CCN(C(=O)c2ccccc2-c2ccccc2)CC(Cc2ccc3ncccc3c2)C1. The lowest BCUT2D eigenvalue weighted by Gasteiger charge is -2.25. The molecule has 5 rings (SSSR count). The Morgan fingerprint density at radius 1 is 0.857 bits per heavy atom. The number of hydrogen-bond acceptors (Lipinski definition) is 3. The number of benzene rings is 3. The van der Waals surface area contributed by atoms with Gasteiger partial charge in [0, 0.05) is 50.2 Å². The summed E-state index contributed by atoms with van der Waals surface area (Å²) in [6, 6.07) is 28.1. The normalized spacial score (nSPS) is 16.2. The molecule has 0 bridgehead atoms. The van der Waals surface area contributed by atoms with Crippen molar-refractivity contribution in [3.63, 3.8) is 0 Å². The van der Waals surface area contributed by atoms with Gasteiger partial charge in [0.25, 0.3) is 5.91 Å². The van der Waals surface area contributed by atoms with E-state index in [1.54, 1.807) is 13.1 Å². The topological polar surface area (TPSA) is 53.5 Å². The summed E-state index contributed by atoms with van der Waals surface area (Å²) in [5.41, 5.74) is 4.82. The van der Waals surface area contributed by atoms with Gasteiger partial charge in [0.1, 0.15) is 0 Å². The molecule has 2 amide bonds. The van der Waals surface area contributed by atoms with Crippen molar-refractivity contribution in [2.24, 2.45) is 5.92 Å². The molecule has 0 spiro atoms. The van der Waals surface area contributed by atoms with Gasteiger partial charge in [-0.15, -0.1) is 0 Å². The van der Waals surface area contributed by atoms with Gasteiger partial charge in [0.2, 0.25) is 5.91 Å². The summed E-state index contributed by atoms with van der Waals surface area (Å²) >= 11 is 0. The zero-order valence-electron chi connectivity index (χ0n) is 19.9. The molecular weight excluding hydrogens is 434 g/mol. The Hall–Kier alpha value is -3.99. The molecule has 1 atom stereocenters. The van der Waals surface area contributed by atoms with Gasteiger partial charge in [-0.2, -0.15) is 0 Å². The van der Waals surface area contributed by atoms with Crippen molar-refractivity contribution in [1.82, 2.24) is 14.8 Å². The summed E-state index contributed by atoms with van der Waals surface area (Å²) in [5.74, 6) is 0.211. The number of rotatable bonds is 4. The van der Waals surface area contributed by atoms with E-state index in [2.05, 4.69) is 23.2 Å². The lowest BCUT2D eigenvalue weighted by Crippen LogP contribution is -2.37. The maximum atomic E-state index is 13.8. The molecule has 3 aromatic carbocycles. The zero-order valence-corrected chi connectivity index (χ0v) is 19.9. The molecule has 0 N–H and O–H groups in total. The van der Waals surface area contributed by atoms with Crippen LogP contribution in [-0.2, 0) is 11.2 Å². The maximum absolute atomic E-state index is 13.8. The lowest BCUT2D eigenvalue weighted by atomic mass is 9.96. The third-order valence-corrected chi connectivity index (χ3v) is 6.76. The molecule has 1 aliphatic rings. The van der Waals surface area contributed by atoms with Gasteiger partial charge in [-0.25, -0.2) is 0 Å². The van der Waals surface area contributed by atoms with Crippen LogP contribution in [0.4, 0.5) is 0 Å². The van der Waals surface area contributed by atoms with Crippen LogP contribution < -0.4 is 0 Å². The molecule has 1 aliphatic heterocycles. The molecular formula is C30H29N3O2. The molecule has 0 saturated carbocycles. The zero-order chi connectivity index (χ0) is 24.2. The molecule has 176 valence electrons. The average molecular weight is 464 g/mol. The Balaban J connectivity index is 1.42. The molecule has 5 nitrogen and oxygen atoms in total. The highest BCUT2D eigenvalue weighted by molar-refractivity contribution is 6.01. The Morgan fingerprint density at radius 2 is 1.60 bits per heavy atom. The van der Waals surface area contributed by atoms with Crippen LogP contribution in [0, 0.1) is 5.92 Å². The second-order valence-electron chi connectivity index (χ2n) is 9.23. The van der Waals surface area contributed by atoms with Crippen LogP contribution in [0.2, 0.25) is 0 Å². The molecule has 1 aromatic heterocycles. The highest BCUT2D eigenvalue weighted by Gasteiger charge is 2.28. The number of hydrogen-bond donors (Lipinski definition) is 0. The average Bonchev–Trinajstić information content (AvgIpc) is 3.11. The van der Waals surface area contributed by atoms with E-state index in [-0.39, 0.29) is 17.7 Å². The largest absolute Gasteiger partial charge is 0.341 e. The molecule has 0 radical (unpaired) electrons. The second kappa shape index (κ2) is 10.1. The fraction of sp³-hybridized carbons (Fsp3) is 0.233. The van der Waals surface area contributed by atoms with Crippen molar-refractivity contribution in [2.75, 3.05) is 26.2 Å². The van der Waals surface area contributed by atoms with Crippen molar-refractivity contribution in [3.05, 3.63) is 102 Å². The van der Waals surface area contributed by atoms with Crippen LogP contribution >= 0.6 is 0 Å². The smallest absolute Gasteiger partial charge is 0.254 e. The van der Waals surface area contributed by atoms with E-state index in [9.17, 15) is 9.59 Å². The number of nitrogens with zero attached hydrogens (tertiary/aromatic N) is 3. The Morgan fingerprint density at radius 3 is 2.43 bits per heavy atom. The number of pyridine rings is 1. The summed E-state index contributed by atoms with van der Waals surface area (Å²) in [6.45, 7) is 3.94. The highest BCUT2D eigenvalue weighted by atomic mass is 16.2. The third kappa shape index (κ3) is 5.09. The van der Waals surface area contributed by atoms with Crippen LogP contribution in [0.1, 0.15) is 22.8 Å². The predicted molar refractivity (Wildman–Crippen MR) is 139 cm³/mol. The number of aromatic nitrogens is 1. The van der Waals surface area contributed by atoms with E-state index >= 15 is 0 Å². The van der Waals surface area contributed by atoms with Crippen molar-refractivity contribution < 1.29 is 9.59 Å². The molecule has 0 aliphatic carbocycles. The third-order valence-electron chi connectivity index (χ3n) is 6.76. The Labute approximate surface area is 206 Å². The molecule has 35 heavy (non-hydrogen) atoms. The van der Waals surface area contributed by atoms with Crippen LogP contribution in [0.3, 0.4) is 0 Å². The summed E-state index contributed by atoms with van der Waals surface area (Å²) in [7, 11) is 0. The first-order chi connectivity index (χ1) is 17.1. The number of carbonyl (C=O) groups excluding carboxylic acids is 2. The fourth-order valence-corrected chi connectivity index (χ4v) is 5.00. The highest BCUT2D eigenvalue weighted by Crippen LogP contribution is 2.26. The van der Waals surface area contributed by atoms with Crippen molar-refractivity contribution in [1.29, 1.82) is 0 Å². The Kier molecular flexibility index (Phi) is 6.57. The van der Waals surface area contributed by atoms with E-state index in [1.807, 2.05) is 76.5 Å². The van der Waals surface area contributed by atoms with E-state index in [1.165, 1.54) is 5.56 Å². The van der Waals surface area contributed by atoms with Gasteiger partial charge in [-0.05, 0) is 53.3 Å². The maximum Gasteiger partial charge on any atom is 0.254 e. The minimum atomic E-state index is 0.0163. The first-order valence-electron chi connectivity index (χ1n) is 12.1. The van der Waals surface area contributed by atoms with Crippen LogP contribution in [0.25, 0.3) is 22.0 Å². The summed E-state index contributed by atoms with van der Waals surface area (Å²) < 4.78 is 0. The summed E-state index contributed by atoms with van der Waals surface area (Å²) in [4.78, 5) is 34.4. The van der Waals surface area contributed by atoms with Gasteiger partial charge >= 0.3 is 0 Å². The van der Waals surface area contributed by atoms with Gasteiger partial charge in [0.05, 0.1) is 5.52 Å². The second-order valence-corrected chi connectivity index (χ2v) is 9.23. The van der Waals surface area contributed by atoms with Crippen molar-refractivity contribution in [2.45, 2.75) is 13.3 Å². The minimum Gasteiger partial charge on any atom is -0.341 e.